The van der Waals surface area contributed by atoms with Crippen LogP contribution in [0.1, 0.15) is 12.8 Å². The fraction of sp³-hybridized carbons (Fsp3) is 0.909. The Morgan fingerprint density at radius 3 is 2.81 bits per heavy atom. The molecule has 92 valence electrons. The smallest absolute Gasteiger partial charge is 0.409 e. The highest BCUT2D eigenvalue weighted by Crippen LogP contribution is 2.10. The minimum absolute atomic E-state index is 0.201. The molecule has 0 saturated carbocycles. The zero-order valence-electron chi connectivity index (χ0n) is 9.95. The standard InChI is InChI=1S/C11H21N3O2/c1-16-11(15)14-7-4-12-10(9-14)8-13-5-2-3-6-13/h10,12H,2-9H2,1H3. The van der Waals surface area contributed by atoms with Gasteiger partial charge in [-0.3, -0.25) is 0 Å². The van der Waals surface area contributed by atoms with Crippen LogP contribution in [0.3, 0.4) is 0 Å². The normalized spacial score (nSPS) is 27.1. The molecule has 0 aliphatic carbocycles. The quantitative estimate of drug-likeness (QED) is 0.728. The number of carbonyl (C=O) groups is 1. The molecule has 16 heavy (non-hydrogen) atoms. The van der Waals surface area contributed by atoms with Crippen LogP contribution in [0.5, 0.6) is 0 Å². The Bertz CT molecular complexity index is 241. The number of nitrogens with one attached hydrogen (secondary N) is 1. The number of amides is 1. The molecular weight excluding hydrogens is 206 g/mol. The molecule has 0 spiro atoms. The van der Waals surface area contributed by atoms with Gasteiger partial charge in [0.15, 0.2) is 0 Å². The molecule has 0 aromatic rings. The van der Waals surface area contributed by atoms with Gasteiger partial charge in [-0.05, 0) is 25.9 Å². The van der Waals surface area contributed by atoms with Crippen LogP contribution in [0.15, 0.2) is 0 Å². The monoisotopic (exact) mass is 227 g/mol. The Balaban J connectivity index is 1.79. The van der Waals surface area contributed by atoms with Gasteiger partial charge in [0.05, 0.1) is 7.11 Å². The molecule has 2 aliphatic heterocycles. The number of carbonyl (C=O) groups excluding carboxylic acids is 1. The van der Waals surface area contributed by atoms with Crippen molar-refractivity contribution in [2.45, 2.75) is 18.9 Å². The van der Waals surface area contributed by atoms with Crippen LogP contribution >= 0.6 is 0 Å². The predicted molar refractivity (Wildman–Crippen MR) is 61.4 cm³/mol. The molecule has 2 saturated heterocycles. The fourth-order valence-electron chi connectivity index (χ4n) is 2.52. The van der Waals surface area contributed by atoms with Crippen molar-refractivity contribution in [3.8, 4) is 0 Å². The first-order valence-corrected chi connectivity index (χ1v) is 6.08. The Kier molecular flexibility index (Phi) is 4.01. The van der Waals surface area contributed by atoms with Crippen LogP contribution in [-0.4, -0.2) is 68.3 Å². The van der Waals surface area contributed by atoms with Crippen LogP contribution in [0.4, 0.5) is 4.79 Å². The summed E-state index contributed by atoms with van der Waals surface area (Å²) < 4.78 is 4.75. The molecule has 2 aliphatic rings. The Labute approximate surface area is 96.7 Å². The number of nitrogens with zero attached hydrogens (tertiary/aromatic N) is 2. The zero-order valence-corrected chi connectivity index (χ0v) is 9.95. The molecule has 0 bridgehead atoms. The third-order valence-electron chi connectivity index (χ3n) is 3.37. The number of likely N-dealkylation sites (tertiary alicyclic amines) is 1. The van der Waals surface area contributed by atoms with Gasteiger partial charge in [-0.2, -0.15) is 0 Å². The van der Waals surface area contributed by atoms with Crippen LogP contribution in [0.25, 0.3) is 0 Å². The minimum atomic E-state index is -0.201. The molecule has 0 aromatic carbocycles. The van der Waals surface area contributed by atoms with Gasteiger partial charge in [0.2, 0.25) is 0 Å². The molecule has 1 unspecified atom stereocenters. The summed E-state index contributed by atoms with van der Waals surface area (Å²) in [5.41, 5.74) is 0. The van der Waals surface area contributed by atoms with Crippen molar-refractivity contribution in [3.63, 3.8) is 0 Å². The molecule has 5 heteroatoms. The van der Waals surface area contributed by atoms with Gasteiger partial charge < -0.3 is 19.9 Å². The van der Waals surface area contributed by atoms with E-state index in [0.29, 0.717) is 6.04 Å². The van der Waals surface area contributed by atoms with Gasteiger partial charge in [-0.25, -0.2) is 4.79 Å². The van der Waals surface area contributed by atoms with Gasteiger partial charge >= 0.3 is 6.09 Å². The summed E-state index contributed by atoms with van der Waals surface area (Å²) >= 11 is 0. The highest BCUT2D eigenvalue weighted by Gasteiger charge is 2.25. The lowest BCUT2D eigenvalue weighted by Crippen LogP contribution is -2.56. The Hall–Kier alpha value is -0.810. The molecule has 0 aromatic heterocycles. The molecule has 2 heterocycles. The number of hydrogen-bond acceptors (Lipinski definition) is 4. The molecule has 1 atom stereocenters. The van der Waals surface area contributed by atoms with Crippen molar-refractivity contribution in [2.75, 3.05) is 46.4 Å². The van der Waals surface area contributed by atoms with E-state index in [0.717, 1.165) is 26.2 Å². The predicted octanol–water partition coefficient (Wildman–Crippen LogP) is 0.122. The van der Waals surface area contributed by atoms with Crippen LogP contribution in [-0.2, 0) is 4.74 Å². The highest BCUT2D eigenvalue weighted by molar-refractivity contribution is 5.67. The second kappa shape index (κ2) is 5.50. The second-order valence-corrected chi connectivity index (χ2v) is 4.57. The summed E-state index contributed by atoms with van der Waals surface area (Å²) in [5, 5.41) is 3.46. The van der Waals surface area contributed by atoms with Crippen molar-refractivity contribution < 1.29 is 9.53 Å². The average Bonchev–Trinajstić information content (AvgIpc) is 2.81. The number of hydrogen-bond donors (Lipinski definition) is 1. The molecule has 1 N–H and O–H groups in total. The van der Waals surface area contributed by atoms with E-state index in [9.17, 15) is 4.79 Å². The van der Waals surface area contributed by atoms with E-state index in [4.69, 9.17) is 4.74 Å². The maximum Gasteiger partial charge on any atom is 0.409 e. The first-order chi connectivity index (χ1) is 7.79. The molecule has 0 radical (unpaired) electrons. The SMILES string of the molecule is COC(=O)N1CCNC(CN2CCCC2)C1. The van der Waals surface area contributed by atoms with Crippen LogP contribution in [0, 0.1) is 0 Å². The topological polar surface area (TPSA) is 44.8 Å². The molecule has 1 amide bonds. The number of piperazine rings is 1. The summed E-state index contributed by atoms with van der Waals surface area (Å²) in [4.78, 5) is 15.7. The van der Waals surface area contributed by atoms with Crippen molar-refractivity contribution in [1.82, 2.24) is 15.1 Å². The summed E-state index contributed by atoms with van der Waals surface area (Å²) in [6.07, 6.45) is 2.42. The highest BCUT2D eigenvalue weighted by atomic mass is 16.5. The number of methoxy groups -OCH3 is 1. The summed E-state index contributed by atoms with van der Waals surface area (Å²) in [6.45, 7) is 5.85. The van der Waals surface area contributed by atoms with E-state index in [2.05, 4.69) is 10.2 Å². The van der Waals surface area contributed by atoms with Gasteiger partial charge in [0.25, 0.3) is 0 Å². The van der Waals surface area contributed by atoms with E-state index in [1.165, 1.54) is 33.0 Å². The fourth-order valence-corrected chi connectivity index (χ4v) is 2.52. The molecular formula is C11H21N3O2. The lowest BCUT2D eigenvalue weighted by Gasteiger charge is -2.34. The van der Waals surface area contributed by atoms with Crippen LogP contribution < -0.4 is 5.32 Å². The van der Waals surface area contributed by atoms with Crippen molar-refractivity contribution in [3.05, 3.63) is 0 Å². The largest absolute Gasteiger partial charge is 0.453 e. The maximum absolute atomic E-state index is 11.4. The summed E-state index contributed by atoms with van der Waals surface area (Å²) in [7, 11) is 1.44. The third kappa shape index (κ3) is 2.86. The van der Waals surface area contributed by atoms with E-state index >= 15 is 0 Å². The molecule has 2 fully saturated rings. The Morgan fingerprint density at radius 2 is 2.12 bits per heavy atom. The van der Waals surface area contributed by atoms with Gasteiger partial charge in [-0.15, -0.1) is 0 Å². The number of rotatable bonds is 2. The molecule has 5 nitrogen and oxygen atoms in total. The van der Waals surface area contributed by atoms with Crippen molar-refractivity contribution in [2.24, 2.45) is 0 Å². The Morgan fingerprint density at radius 1 is 1.38 bits per heavy atom. The lowest BCUT2D eigenvalue weighted by atomic mass is 10.2. The van der Waals surface area contributed by atoms with E-state index in [-0.39, 0.29) is 6.09 Å². The van der Waals surface area contributed by atoms with Crippen molar-refractivity contribution in [1.29, 1.82) is 0 Å². The minimum Gasteiger partial charge on any atom is -0.453 e. The van der Waals surface area contributed by atoms with Gasteiger partial charge in [0.1, 0.15) is 0 Å². The zero-order chi connectivity index (χ0) is 11.4. The van der Waals surface area contributed by atoms with Crippen molar-refractivity contribution >= 4 is 6.09 Å². The first kappa shape index (κ1) is 11.7. The van der Waals surface area contributed by atoms with Gasteiger partial charge in [0, 0.05) is 32.2 Å². The van der Waals surface area contributed by atoms with Crippen LogP contribution in [0.2, 0.25) is 0 Å². The third-order valence-corrected chi connectivity index (χ3v) is 3.37. The average molecular weight is 227 g/mol. The lowest BCUT2D eigenvalue weighted by molar-refractivity contribution is 0.104. The van der Waals surface area contributed by atoms with Gasteiger partial charge in [-0.1, -0.05) is 0 Å². The summed E-state index contributed by atoms with van der Waals surface area (Å²) in [5.74, 6) is 0. The second-order valence-electron chi connectivity index (χ2n) is 4.57. The number of ether oxygens (including phenoxy) is 1. The van der Waals surface area contributed by atoms with E-state index < -0.39 is 0 Å². The molecule has 2 rings (SSSR count). The maximum atomic E-state index is 11.4. The van der Waals surface area contributed by atoms with E-state index in [1.54, 1.807) is 4.90 Å². The van der Waals surface area contributed by atoms with E-state index in [1.807, 2.05) is 0 Å². The summed E-state index contributed by atoms with van der Waals surface area (Å²) in [6, 6.07) is 0.394. The first-order valence-electron chi connectivity index (χ1n) is 6.08.